The molecule has 0 N–H and O–H groups in total. The van der Waals surface area contributed by atoms with Crippen LogP contribution in [-0.2, 0) is 7.05 Å². The van der Waals surface area contributed by atoms with E-state index >= 15 is 0 Å². The Morgan fingerprint density at radius 2 is 1.52 bits per heavy atom. The van der Waals surface area contributed by atoms with Crippen LogP contribution in [0.15, 0.2) is 24.5 Å². The highest BCUT2D eigenvalue weighted by atomic mass is 16.6. The lowest BCUT2D eigenvalue weighted by Crippen LogP contribution is -2.00. The van der Waals surface area contributed by atoms with E-state index in [9.17, 15) is 30.3 Å². The molecule has 1 aromatic carbocycles. The first-order valence-corrected chi connectivity index (χ1v) is 5.41. The normalized spacial score (nSPS) is 10.3. The van der Waals surface area contributed by atoms with Gasteiger partial charge in [0.15, 0.2) is 0 Å². The highest BCUT2D eigenvalue weighted by molar-refractivity contribution is 5.83. The molecule has 0 radical (unpaired) electrons. The van der Waals surface area contributed by atoms with Crippen molar-refractivity contribution in [3.8, 4) is 11.1 Å². The molecule has 0 aliphatic rings. The number of nitro benzene ring substituents is 3. The van der Waals surface area contributed by atoms with E-state index in [4.69, 9.17) is 0 Å². The van der Waals surface area contributed by atoms with Crippen LogP contribution in [0.4, 0.5) is 17.1 Å². The summed E-state index contributed by atoms with van der Waals surface area (Å²) in [6.07, 6.45) is 2.56. The summed E-state index contributed by atoms with van der Waals surface area (Å²) in [7, 11) is 1.53. The molecule has 0 bridgehead atoms. The lowest BCUT2D eigenvalue weighted by atomic mass is 10.0. The van der Waals surface area contributed by atoms with Crippen molar-refractivity contribution in [1.82, 2.24) is 9.78 Å². The van der Waals surface area contributed by atoms with Crippen LogP contribution in [0.2, 0.25) is 0 Å². The molecule has 1 heterocycles. The van der Waals surface area contributed by atoms with Gasteiger partial charge in [0.25, 0.3) is 17.1 Å². The molecule has 0 atom stereocenters. The molecule has 0 fully saturated rings. The molecule has 0 unspecified atom stereocenters. The summed E-state index contributed by atoms with van der Waals surface area (Å²) in [5, 5.41) is 36.7. The first kappa shape index (κ1) is 14.0. The number of aryl methyl sites for hydroxylation is 1. The van der Waals surface area contributed by atoms with Gasteiger partial charge in [-0.1, -0.05) is 0 Å². The second kappa shape index (κ2) is 4.96. The third-order valence-electron chi connectivity index (χ3n) is 2.68. The van der Waals surface area contributed by atoms with Gasteiger partial charge in [0, 0.05) is 18.8 Å². The molecule has 1 aromatic heterocycles. The summed E-state index contributed by atoms with van der Waals surface area (Å²) in [5.41, 5.74) is -2.34. The second-order valence-corrected chi connectivity index (χ2v) is 4.03. The summed E-state index contributed by atoms with van der Waals surface area (Å²) < 4.78 is 1.31. The molecular weight excluding hydrogens is 286 g/mol. The van der Waals surface area contributed by atoms with Gasteiger partial charge in [0.1, 0.15) is 5.56 Å². The lowest BCUT2D eigenvalue weighted by Gasteiger charge is -2.02. The van der Waals surface area contributed by atoms with Gasteiger partial charge in [-0.3, -0.25) is 35.0 Å². The topological polar surface area (TPSA) is 147 Å². The van der Waals surface area contributed by atoms with E-state index < -0.39 is 31.8 Å². The Morgan fingerprint density at radius 1 is 1.00 bits per heavy atom. The Labute approximate surface area is 115 Å². The van der Waals surface area contributed by atoms with Crippen LogP contribution in [-0.4, -0.2) is 24.6 Å². The van der Waals surface area contributed by atoms with E-state index in [0.717, 1.165) is 0 Å². The Morgan fingerprint density at radius 3 is 1.86 bits per heavy atom. The number of nitrogens with zero attached hydrogens (tertiary/aromatic N) is 5. The third-order valence-corrected chi connectivity index (χ3v) is 2.68. The van der Waals surface area contributed by atoms with Crippen molar-refractivity contribution >= 4 is 17.1 Å². The van der Waals surface area contributed by atoms with Crippen LogP contribution in [0, 0.1) is 30.3 Å². The molecule has 2 aromatic rings. The van der Waals surface area contributed by atoms with Gasteiger partial charge in [-0.15, -0.1) is 0 Å². The van der Waals surface area contributed by atoms with Gasteiger partial charge in [-0.05, 0) is 0 Å². The second-order valence-electron chi connectivity index (χ2n) is 4.03. The molecule has 0 aliphatic heterocycles. The number of hydrogen-bond acceptors (Lipinski definition) is 7. The van der Waals surface area contributed by atoms with Gasteiger partial charge in [0.2, 0.25) is 0 Å². The number of aromatic nitrogens is 2. The molecule has 21 heavy (non-hydrogen) atoms. The standard InChI is InChI=1S/C10H7N5O6/c1-12-5-6(4-11-12)10-8(14(18)19)2-7(13(16)17)3-9(10)15(20)21/h2-5H,1H3. The van der Waals surface area contributed by atoms with Crippen LogP contribution in [0.25, 0.3) is 11.1 Å². The highest BCUT2D eigenvalue weighted by Crippen LogP contribution is 2.40. The molecular formula is C10H7N5O6. The molecule has 2 rings (SSSR count). The number of non-ortho nitro benzene ring substituents is 1. The van der Waals surface area contributed by atoms with Crippen molar-refractivity contribution < 1.29 is 14.8 Å². The number of nitro groups is 3. The molecule has 11 heteroatoms. The van der Waals surface area contributed by atoms with Crippen LogP contribution in [0.5, 0.6) is 0 Å². The zero-order valence-electron chi connectivity index (χ0n) is 10.5. The van der Waals surface area contributed by atoms with Gasteiger partial charge in [-0.25, -0.2) is 0 Å². The Hall–Kier alpha value is -3.37. The maximum Gasteiger partial charge on any atom is 0.291 e. The van der Waals surface area contributed by atoms with Crippen molar-refractivity contribution in [3.05, 3.63) is 54.9 Å². The zero-order valence-corrected chi connectivity index (χ0v) is 10.5. The van der Waals surface area contributed by atoms with Gasteiger partial charge >= 0.3 is 0 Å². The van der Waals surface area contributed by atoms with Gasteiger partial charge < -0.3 is 0 Å². The van der Waals surface area contributed by atoms with E-state index in [0.29, 0.717) is 12.1 Å². The summed E-state index contributed by atoms with van der Waals surface area (Å²) in [6.45, 7) is 0. The Balaban J connectivity index is 2.85. The fourth-order valence-electron chi connectivity index (χ4n) is 1.84. The minimum Gasteiger partial charge on any atom is -0.275 e. The quantitative estimate of drug-likeness (QED) is 0.616. The minimum absolute atomic E-state index is 0.130. The summed E-state index contributed by atoms with van der Waals surface area (Å²) in [4.78, 5) is 30.2. The van der Waals surface area contributed by atoms with Crippen molar-refractivity contribution in [1.29, 1.82) is 0 Å². The van der Waals surface area contributed by atoms with E-state index in [-0.39, 0.29) is 11.1 Å². The largest absolute Gasteiger partial charge is 0.291 e. The molecule has 108 valence electrons. The van der Waals surface area contributed by atoms with Crippen molar-refractivity contribution in [2.45, 2.75) is 0 Å². The van der Waals surface area contributed by atoms with Crippen molar-refractivity contribution in [2.75, 3.05) is 0 Å². The Kier molecular flexibility index (Phi) is 3.32. The first-order chi connectivity index (χ1) is 9.81. The smallest absolute Gasteiger partial charge is 0.275 e. The summed E-state index contributed by atoms with van der Waals surface area (Å²) >= 11 is 0. The fourth-order valence-corrected chi connectivity index (χ4v) is 1.84. The van der Waals surface area contributed by atoms with Crippen LogP contribution < -0.4 is 0 Å². The number of hydrogen-bond donors (Lipinski definition) is 0. The SMILES string of the molecule is Cn1cc(-c2c([N+](=O)[O-])cc([N+](=O)[O-])cc2[N+](=O)[O-])cn1. The molecule has 0 aliphatic carbocycles. The van der Waals surface area contributed by atoms with Gasteiger partial charge in [-0.2, -0.15) is 5.10 Å². The predicted octanol–water partition coefficient (Wildman–Crippen LogP) is 1.81. The number of rotatable bonds is 4. The van der Waals surface area contributed by atoms with E-state index in [1.807, 2.05) is 0 Å². The van der Waals surface area contributed by atoms with Crippen LogP contribution in [0.1, 0.15) is 0 Å². The average molecular weight is 293 g/mol. The van der Waals surface area contributed by atoms with Crippen LogP contribution in [0.3, 0.4) is 0 Å². The zero-order chi connectivity index (χ0) is 15.7. The van der Waals surface area contributed by atoms with Crippen molar-refractivity contribution in [2.24, 2.45) is 7.05 Å². The molecule has 11 nitrogen and oxygen atoms in total. The molecule has 0 saturated heterocycles. The molecule has 0 spiro atoms. The van der Waals surface area contributed by atoms with Crippen molar-refractivity contribution in [3.63, 3.8) is 0 Å². The van der Waals surface area contributed by atoms with E-state index in [1.54, 1.807) is 0 Å². The summed E-state index contributed by atoms with van der Waals surface area (Å²) in [5.74, 6) is 0. The maximum atomic E-state index is 11.1. The average Bonchev–Trinajstić information content (AvgIpc) is 2.83. The first-order valence-electron chi connectivity index (χ1n) is 5.41. The highest BCUT2D eigenvalue weighted by Gasteiger charge is 2.31. The molecule has 0 saturated carbocycles. The monoisotopic (exact) mass is 293 g/mol. The molecule has 0 amide bonds. The maximum absolute atomic E-state index is 11.1. The van der Waals surface area contributed by atoms with Gasteiger partial charge in [0.05, 0.1) is 33.1 Å². The van der Waals surface area contributed by atoms with Crippen LogP contribution >= 0.6 is 0 Å². The predicted molar refractivity (Wildman–Crippen MR) is 68.6 cm³/mol. The number of benzene rings is 1. The lowest BCUT2D eigenvalue weighted by molar-refractivity contribution is -0.402. The summed E-state index contributed by atoms with van der Waals surface area (Å²) in [6, 6.07) is 1.38. The van der Waals surface area contributed by atoms with E-state index in [2.05, 4.69) is 5.10 Å². The minimum atomic E-state index is -0.924. The Bertz CT molecular complexity index is 732. The third kappa shape index (κ3) is 2.51. The van der Waals surface area contributed by atoms with E-state index in [1.165, 1.54) is 24.1 Å². The fraction of sp³-hybridized carbons (Fsp3) is 0.100.